The van der Waals surface area contributed by atoms with Crippen molar-refractivity contribution in [3.05, 3.63) is 114 Å². The molecule has 0 aliphatic carbocycles. The van der Waals surface area contributed by atoms with Gasteiger partial charge in [-0.05, 0) is 35.2 Å². The maximum absolute atomic E-state index is 14.0. The summed E-state index contributed by atoms with van der Waals surface area (Å²) in [6.07, 6.45) is 2.09. The number of amides is 1. The molecule has 200 valence electrons. The lowest BCUT2D eigenvalue weighted by atomic mass is 9.98. The zero-order valence-electron chi connectivity index (χ0n) is 21.9. The Bertz CT molecular complexity index is 1370. The monoisotopic (exact) mass is 525 g/mol. The fraction of sp³-hybridized carbons (Fsp3) is 0.267. The van der Waals surface area contributed by atoms with Crippen LogP contribution in [-0.2, 0) is 16.1 Å². The number of nitrogens with one attached hydrogen (secondary N) is 1. The third-order valence-electron chi connectivity index (χ3n) is 7.04. The molecule has 2 atom stereocenters. The fourth-order valence-electron chi connectivity index (χ4n) is 5.07. The van der Waals surface area contributed by atoms with Crippen LogP contribution < -0.4 is 10.1 Å². The first-order valence-corrected chi connectivity index (χ1v) is 12.8. The molecule has 4 aromatic rings. The molecule has 1 aromatic heterocycles. The van der Waals surface area contributed by atoms with E-state index in [1.54, 1.807) is 18.0 Å². The Balaban J connectivity index is 1.42. The average molecular weight is 526 g/mol. The van der Waals surface area contributed by atoms with Gasteiger partial charge < -0.3 is 14.8 Å². The topological polar surface area (TPSA) is 98.6 Å². The number of nitrogens with zero attached hydrogens (tertiary/aromatic N) is 4. The van der Waals surface area contributed by atoms with Crippen LogP contribution in [0.4, 0.5) is 0 Å². The van der Waals surface area contributed by atoms with Crippen LogP contribution in [0.5, 0.6) is 5.75 Å². The highest BCUT2D eigenvalue weighted by Gasteiger charge is 2.39. The van der Waals surface area contributed by atoms with E-state index in [-0.39, 0.29) is 23.7 Å². The van der Waals surface area contributed by atoms with E-state index in [4.69, 9.17) is 9.47 Å². The smallest absolute Gasteiger partial charge is 0.360 e. The van der Waals surface area contributed by atoms with Gasteiger partial charge in [0, 0.05) is 13.1 Å². The van der Waals surface area contributed by atoms with Crippen molar-refractivity contribution in [2.45, 2.75) is 31.1 Å². The first kappa shape index (κ1) is 26.1. The van der Waals surface area contributed by atoms with Crippen molar-refractivity contribution < 1.29 is 19.1 Å². The highest BCUT2D eigenvalue weighted by Crippen LogP contribution is 2.31. The summed E-state index contributed by atoms with van der Waals surface area (Å²) >= 11 is 0. The standard InChI is InChI=1S/C30H31N5O4/c1-38-25-15-9-10-21(16-25)18-34-19-24(35-20-26(32-33-35)30(37)39-2)17-27(34)29(36)31-28(22-11-5-3-6-12-22)23-13-7-4-8-14-23/h3-16,20,24,27-28H,17-19H2,1-2H3,(H,31,36)/t24-,27+/m1/s1. The number of hydrogen-bond acceptors (Lipinski definition) is 7. The fourth-order valence-corrected chi connectivity index (χ4v) is 5.07. The highest BCUT2D eigenvalue weighted by molar-refractivity contribution is 5.86. The zero-order valence-corrected chi connectivity index (χ0v) is 21.9. The van der Waals surface area contributed by atoms with Gasteiger partial charge in [-0.2, -0.15) is 0 Å². The predicted molar refractivity (Wildman–Crippen MR) is 145 cm³/mol. The third kappa shape index (κ3) is 5.99. The minimum Gasteiger partial charge on any atom is -0.497 e. The number of methoxy groups -OCH3 is 2. The van der Waals surface area contributed by atoms with Crippen molar-refractivity contribution in [3.8, 4) is 5.75 Å². The Kier molecular flexibility index (Phi) is 7.98. The van der Waals surface area contributed by atoms with Crippen molar-refractivity contribution in [1.29, 1.82) is 0 Å². The Morgan fingerprint density at radius 3 is 2.31 bits per heavy atom. The van der Waals surface area contributed by atoms with Crippen LogP contribution >= 0.6 is 0 Å². The van der Waals surface area contributed by atoms with Crippen LogP contribution in [0.25, 0.3) is 0 Å². The predicted octanol–water partition coefficient (Wildman–Crippen LogP) is 3.79. The van der Waals surface area contributed by atoms with E-state index in [0.717, 1.165) is 22.4 Å². The molecule has 0 bridgehead atoms. The molecule has 3 aromatic carbocycles. The molecule has 0 saturated carbocycles. The van der Waals surface area contributed by atoms with Gasteiger partial charge in [0.2, 0.25) is 5.91 Å². The molecule has 39 heavy (non-hydrogen) atoms. The van der Waals surface area contributed by atoms with Gasteiger partial charge in [0.05, 0.1) is 38.5 Å². The van der Waals surface area contributed by atoms with E-state index in [1.165, 1.54) is 7.11 Å². The lowest BCUT2D eigenvalue weighted by molar-refractivity contribution is -0.126. The summed E-state index contributed by atoms with van der Waals surface area (Å²) in [4.78, 5) is 28.1. The number of esters is 1. The number of rotatable bonds is 9. The van der Waals surface area contributed by atoms with Gasteiger partial charge in [0.25, 0.3) is 0 Å². The molecule has 0 radical (unpaired) electrons. The van der Waals surface area contributed by atoms with E-state index >= 15 is 0 Å². The molecule has 1 fully saturated rings. The van der Waals surface area contributed by atoms with Crippen LogP contribution in [0.15, 0.2) is 91.1 Å². The highest BCUT2D eigenvalue weighted by atomic mass is 16.5. The number of hydrogen-bond donors (Lipinski definition) is 1. The first-order valence-electron chi connectivity index (χ1n) is 12.8. The Labute approximate surface area is 227 Å². The summed E-state index contributed by atoms with van der Waals surface area (Å²) in [5, 5.41) is 11.4. The van der Waals surface area contributed by atoms with E-state index in [0.29, 0.717) is 19.5 Å². The van der Waals surface area contributed by atoms with Gasteiger partial charge in [-0.1, -0.05) is 78.0 Å². The van der Waals surface area contributed by atoms with Crippen LogP contribution in [0, 0.1) is 0 Å². The molecule has 1 amide bonds. The Hall–Kier alpha value is -4.50. The van der Waals surface area contributed by atoms with Crippen LogP contribution in [0.2, 0.25) is 0 Å². The summed E-state index contributed by atoms with van der Waals surface area (Å²) < 4.78 is 11.8. The second-order valence-corrected chi connectivity index (χ2v) is 9.52. The molecule has 9 heteroatoms. The van der Waals surface area contributed by atoms with E-state index < -0.39 is 12.0 Å². The van der Waals surface area contributed by atoms with Crippen LogP contribution in [0.3, 0.4) is 0 Å². The quantitative estimate of drug-likeness (QED) is 0.332. The van der Waals surface area contributed by atoms with Crippen molar-refractivity contribution in [2.75, 3.05) is 20.8 Å². The maximum atomic E-state index is 14.0. The number of benzene rings is 3. The maximum Gasteiger partial charge on any atom is 0.360 e. The normalized spacial score (nSPS) is 17.2. The van der Waals surface area contributed by atoms with Gasteiger partial charge in [-0.3, -0.25) is 9.69 Å². The molecule has 5 rings (SSSR count). The molecule has 1 N–H and O–H groups in total. The first-order chi connectivity index (χ1) is 19.1. The van der Waals surface area contributed by atoms with Crippen molar-refractivity contribution in [1.82, 2.24) is 25.2 Å². The molecule has 1 saturated heterocycles. The minimum absolute atomic E-state index is 0.0774. The summed E-state index contributed by atoms with van der Waals surface area (Å²) in [5.74, 6) is 0.137. The number of ether oxygens (including phenoxy) is 2. The summed E-state index contributed by atoms with van der Waals surface area (Å²) in [5.41, 5.74) is 3.18. The minimum atomic E-state index is -0.546. The molecule has 1 aliphatic heterocycles. The van der Waals surface area contributed by atoms with Gasteiger partial charge in [-0.25, -0.2) is 9.48 Å². The molecular formula is C30H31N5O4. The van der Waals surface area contributed by atoms with Crippen LogP contribution in [-0.4, -0.2) is 58.6 Å². The summed E-state index contributed by atoms with van der Waals surface area (Å²) in [7, 11) is 2.95. The van der Waals surface area contributed by atoms with Crippen molar-refractivity contribution in [2.24, 2.45) is 0 Å². The lowest BCUT2D eigenvalue weighted by Gasteiger charge is -2.27. The van der Waals surface area contributed by atoms with Gasteiger partial charge in [0.1, 0.15) is 5.75 Å². The van der Waals surface area contributed by atoms with Gasteiger partial charge in [0.15, 0.2) is 5.69 Å². The van der Waals surface area contributed by atoms with Crippen molar-refractivity contribution in [3.63, 3.8) is 0 Å². The van der Waals surface area contributed by atoms with E-state index in [9.17, 15) is 9.59 Å². The number of carbonyl (C=O) groups is 2. The van der Waals surface area contributed by atoms with Gasteiger partial charge in [-0.15, -0.1) is 5.10 Å². The van der Waals surface area contributed by atoms with Crippen molar-refractivity contribution >= 4 is 11.9 Å². The third-order valence-corrected chi connectivity index (χ3v) is 7.04. The second-order valence-electron chi connectivity index (χ2n) is 9.52. The van der Waals surface area contributed by atoms with E-state index in [1.807, 2.05) is 84.9 Å². The van der Waals surface area contributed by atoms with Gasteiger partial charge >= 0.3 is 5.97 Å². The number of likely N-dealkylation sites (tertiary alicyclic amines) is 1. The second kappa shape index (κ2) is 11.9. The molecule has 0 spiro atoms. The molecule has 9 nitrogen and oxygen atoms in total. The largest absolute Gasteiger partial charge is 0.497 e. The molecular weight excluding hydrogens is 494 g/mol. The number of carbonyl (C=O) groups excluding carboxylic acids is 2. The summed E-state index contributed by atoms with van der Waals surface area (Å²) in [6, 6.07) is 26.9. The number of aromatic nitrogens is 3. The van der Waals surface area contributed by atoms with Crippen LogP contribution in [0.1, 0.15) is 45.7 Å². The molecule has 2 heterocycles. The molecule has 0 unspecified atom stereocenters. The average Bonchev–Trinajstić information content (AvgIpc) is 3.64. The summed E-state index contributed by atoms with van der Waals surface area (Å²) in [6.45, 7) is 1.10. The SMILES string of the molecule is COC(=O)c1cn([C@@H]2C[C@@H](C(=O)NC(c3ccccc3)c3ccccc3)N(Cc3cccc(OC)c3)C2)nn1. The Morgan fingerprint density at radius 2 is 1.67 bits per heavy atom. The lowest BCUT2D eigenvalue weighted by Crippen LogP contribution is -2.44. The zero-order chi connectivity index (χ0) is 27.2. The Morgan fingerprint density at radius 1 is 0.974 bits per heavy atom. The molecule has 1 aliphatic rings. The van der Waals surface area contributed by atoms with E-state index in [2.05, 4.69) is 20.5 Å².